The third-order valence-corrected chi connectivity index (χ3v) is 22.7. The number of rotatable bonds is 29. The van der Waals surface area contributed by atoms with Crippen LogP contribution in [0.3, 0.4) is 0 Å². The molecule has 0 saturated carbocycles. The Morgan fingerprint density at radius 2 is 0.957 bits per heavy atom. The molecule has 3 fully saturated rings. The minimum absolute atomic E-state index is 0.000862. The van der Waals surface area contributed by atoms with E-state index in [0.717, 1.165) is 30.9 Å². The quantitative estimate of drug-likeness (QED) is 0.0188. The van der Waals surface area contributed by atoms with Crippen LogP contribution in [-0.2, 0) is 73.6 Å². The van der Waals surface area contributed by atoms with Crippen LogP contribution in [-0.4, -0.2) is 227 Å². The van der Waals surface area contributed by atoms with Crippen LogP contribution < -0.4 is 16.0 Å². The van der Waals surface area contributed by atoms with Gasteiger partial charge in [0.05, 0.1) is 79.2 Å². The SMILES string of the molecule is CCOC(=O)C1=C(CN2CCOC(CC(C)(C)C(=O)O)C2)NC(c2nccn2C)=N[C@H]1c1ccc(F)cc1Cl.CCOC(=O)C1=C(CN2CCO[C@H](CCCC(C)C(=O)O)C2)NC(c2nccn2C)=N[C@H]1c1ccc(F)cc1Cl.CCOC(=O)C1=C(CN2CCSC[C@H]2CC(C)C(=O)O)NC(c2nccn2C)=N[C@H]1c1ccc(F)cc1Cl. The van der Waals surface area contributed by atoms with Crippen molar-refractivity contribution in [3.63, 3.8) is 0 Å². The largest absolute Gasteiger partial charge is 0.481 e. The molecule has 3 unspecified atom stereocenters. The fraction of sp³-hybridized carbons (Fsp3) is 0.481. The number of hydrogen-bond acceptors (Lipinski definition) is 24. The number of carboxylic acids is 3. The van der Waals surface area contributed by atoms with Crippen LogP contribution in [0, 0.1) is 34.7 Å². The maximum absolute atomic E-state index is 13.9. The lowest BCUT2D eigenvalue weighted by molar-refractivity contribution is -0.150. The number of aromatic nitrogens is 6. The number of nitrogens with zero attached hydrogens (tertiary/aromatic N) is 12. The van der Waals surface area contributed by atoms with E-state index in [2.05, 4.69) is 45.6 Å². The minimum Gasteiger partial charge on any atom is -0.481 e. The molecule has 117 heavy (non-hydrogen) atoms. The number of imidazole rings is 3. The number of morpholine rings is 2. The predicted molar refractivity (Wildman–Crippen MR) is 435 cm³/mol. The van der Waals surface area contributed by atoms with Gasteiger partial charge in [-0.2, -0.15) is 11.8 Å². The molecule has 6 aliphatic rings. The summed E-state index contributed by atoms with van der Waals surface area (Å²) >= 11 is 21.2. The van der Waals surface area contributed by atoms with Gasteiger partial charge in [-0.3, -0.25) is 44.1 Å². The lowest BCUT2D eigenvalue weighted by atomic mass is 9.86. The van der Waals surface area contributed by atoms with Crippen LogP contribution in [0.25, 0.3) is 0 Å². The summed E-state index contributed by atoms with van der Waals surface area (Å²) in [7, 11) is 5.50. The normalized spacial score (nSPS) is 20.7. The molecule has 8 atom stereocenters. The number of halogens is 6. The van der Waals surface area contributed by atoms with E-state index in [4.69, 9.17) is 78.6 Å². The average Bonchev–Trinajstić information content (AvgIpc) is 1.65. The Hall–Kier alpha value is -9.45. The number of aryl methyl sites for hydroxylation is 3. The zero-order valence-electron chi connectivity index (χ0n) is 66.8. The van der Waals surface area contributed by atoms with Crippen LogP contribution in [0.15, 0.2) is 141 Å². The Bertz CT molecular complexity index is 4800. The first kappa shape index (κ1) is 89.9. The topological polar surface area (TPSA) is 346 Å². The Morgan fingerprint density at radius 1 is 0.573 bits per heavy atom. The highest BCUT2D eigenvalue weighted by Crippen LogP contribution is 2.41. The van der Waals surface area contributed by atoms with Gasteiger partial charge in [0.2, 0.25) is 0 Å². The molecule has 3 aromatic heterocycles. The van der Waals surface area contributed by atoms with Crippen LogP contribution in [0.4, 0.5) is 13.2 Å². The number of esters is 3. The summed E-state index contributed by atoms with van der Waals surface area (Å²) < 4.78 is 75.4. The molecule has 0 radical (unpaired) electrons. The lowest BCUT2D eigenvalue weighted by Gasteiger charge is -2.38. The minimum atomic E-state index is -0.950. The highest BCUT2D eigenvalue weighted by Gasteiger charge is 2.42. The standard InChI is InChI=1S/C28H35ClFN5O5.C27H33ClFN5O5.C26H31ClFN5O4S/c1-4-39-28(38)23-22(16-35-12-13-40-19(15-35)7-5-6-17(2)27(36)37)32-25(26-31-10-11-34(26)3)33-24(23)20-9-8-18(30)14-21(20)29;1-5-38-25(35)21-20(15-34-10-11-39-17(14-34)13-27(2,3)26(36)37)31-23(24-30-8-9-33(24)4)32-22(21)18-7-6-16(29)12-19(18)28;1-4-37-26(36)21-20(13-33-9-10-38-14-17(33)11-15(2)25(34)35)30-23(24-29-7-8-32(24)3)31-22(21)18-6-5-16(28)12-19(18)27/h8-11,14,17,19,24H,4-7,12-13,15-16H2,1-3H3,(H,32,33)(H,36,37);6-9,12,17,22H,5,10-11,13-15H2,1-4H3,(H,31,32)(H,36,37);5-8,12,15,17,22H,4,9-11,13-14H2,1-3H3,(H,30,31)(H,34,35)/t17?,19-,24+;17?,22-;15?,17-,22+/m101/s1. The number of thioether (sulfide) groups is 1. The van der Waals surface area contributed by atoms with Crippen molar-refractivity contribution in [3.8, 4) is 0 Å². The number of carbonyl (C=O) groups excluding carboxylic acids is 3. The third-order valence-electron chi connectivity index (χ3n) is 20.6. The third kappa shape index (κ3) is 23.1. The molecule has 29 nitrogen and oxygen atoms in total. The van der Waals surface area contributed by atoms with E-state index in [-0.39, 0.29) is 64.3 Å². The Morgan fingerprint density at radius 3 is 1.32 bits per heavy atom. The molecule has 0 bridgehead atoms. The van der Waals surface area contributed by atoms with Crippen LogP contribution in [0.1, 0.15) is 133 Å². The highest BCUT2D eigenvalue weighted by molar-refractivity contribution is 7.99. The van der Waals surface area contributed by atoms with Crippen molar-refractivity contribution in [3.05, 3.63) is 192 Å². The summed E-state index contributed by atoms with van der Waals surface area (Å²) in [5, 5.41) is 38.6. The van der Waals surface area contributed by atoms with Gasteiger partial charge in [0.25, 0.3) is 0 Å². The summed E-state index contributed by atoms with van der Waals surface area (Å²) in [5.74, 6) is -1.93. The van der Waals surface area contributed by atoms with Crippen molar-refractivity contribution in [2.45, 2.75) is 117 Å². The van der Waals surface area contributed by atoms with E-state index in [1.807, 2.05) is 25.7 Å². The predicted octanol–water partition coefficient (Wildman–Crippen LogP) is 10.7. The molecule has 6 aliphatic heterocycles. The van der Waals surface area contributed by atoms with Gasteiger partial charge in [0.1, 0.15) is 35.6 Å². The van der Waals surface area contributed by atoms with Gasteiger partial charge in [-0.25, -0.2) is 42.5 Å². The van der Waals surface area contributed by atoms with Crippen LogP contribution >= 0.6 is 46.6 Å². The number of amidine groups is 3. The van der Waals surface area contributed by atoms with Gasteiger partial charge in [-0.15, -0.1) is 0 Å². The van der Waals surface area contributed by atoms with E-state index in [1.165, 1.54) is 54.6 Å². The molecule has 36 heteroatoms. The first-order valence-corrected chi connectivity index (χ1v) is 40.9. The van der Waals surface area contributed by atoms with Crippen molar-refractivity contribution < 1.29 is 80.9 Å². The molecule has 0 amide bonds. The first-order valence-electron chi connectivity index (χ1n) is 38.6. The molecule has 0 aliphatic carbocycles. The summed E-state index contributed by atoms with van der Waals surface area (Å²) in [5.41, 5.74) is 2.99. The van der Waals surface area contributed by atoms with E-state index >= 15 is 0 Å². The molecular weight excluding hydrogens is 1600 g/mol. The number of carboxylic acid groups (broad SMARTS) is 3. The highest BCUT2D eigenvalue weighted by atomic mass is 35.5. The number of hydrogen-bond donors (Lipinski definition) is 6. The molecule has 3 aromatic carbocycles. The van der Waals surface area contributed by atoms with Gasteiger partial charge < -0.3 is 68.7 Å². The number of ether oxygens (including phenoxy) is 5. The Kier molecular flexibility index (Phi) is 31.7. The molecule has 0 spiro atoms. The van der Waals surface area contributed by atoms with E-state index in [1.54, 1.807) is 107 Å². The van der Waals surface area contributed by atoms with Crippen molar-refractivity contribution in [1.29, 1.82) is 0 Å². The van der Waals surface area contributed by atoms with Gasteiger partial charge in [0, 0.05) is 177 Å². The van der Waals surface area contributed by atoms with E-state index in [9.17, 15) is 52.2 Å². The van der Waals surface area contributed by atoms with Gasteiger partial charge in [-0.1, -0.05) is 66.8 Å². The Balaban J connectivity index is 0.000000185. The van der Waals surface area contributed by atoms with E-state index in [0.29, 0.717) is 153 Å². The van der Waals surface area contributed by atoms with Crippen LogP contribution in [0.2, 0.25) is 15.1 Å². The first-order chi connectivity index (χ1) is 55.9. The summed E-state index contributed by atoms with van der Waals surface area (Å²) in [6.45, 7) is 17.4. The fourth-order valence-electron chi connectivity index (χ4n) is 14.3. The van der Waals surface area contributed by atoms with Gasteiger partial charge in [0.15, 0.2) is 35.0 Å². The van der Waals surface area contributed by atoms with Crippen LogP contribution in [0.5, 0.6) is 0 Å². The second-order valence-electron chi connectivity index (χ2n) is 29.6. The van der Waals surface area contributed by atoms with Crippen molar-refractivity contribution >= 4 is 99.9 Å². The molecule has 9 heterocycles. The molecule has 3 saturated heterocycles. The number of aliphatic imine (C=N–C) groups is 3. The summed E-state index contributed by atoms with van der Waals surface area (Å²) in [6.07, 6.45) is 12.8. The van der Waals surface area contributed by atoms with E-state index < -0.39 is 88.6 Å². The molecular formula is C81H99Cl3F3N15O14S. The number of aliphatic carboxylic acids is 3. The summed E-state index contributed by atoms with van der Waals surface area (Å²) in [4.78, 5) is 109. The lowest BCUT2D eigenvalue weighted by Crippen LogP contribution is -2.48. The monoisotopic (exact) mass is 1700 g/mol. The fourth-order valence-corrected chi connectivity index (χ4v) is 16.3. The number of nitrogens with one attached hydrogen (secondary N) is 3. The van der Waals surface area contributed by atoms with Gasteiger partial charge in [-0.05, 0) is 103 Å². The van der Waals surface area contributed by atoms with Gasteiger partial charge >= 0.3 is 35.8 Å². The molecule has 6 aromatic rings. The van der Waals surface area contributed by atoms with Crippen molar-refractivity contribution in [2.24, 2.45) is 53.4 Å². The second-order valence-corrected chi connectivity index (χ2v) is 32.0. The van der Waals surface area contributed by atoms with Crippen molar-refractivity contribution in [2.75, 3.05) is 96.9 Å². The van der Waals surface area contributed by atoms with Crippen molar-refractivity contribution in [1.82, 2.24) is 59.3 Å². The smallest absolute Gasteiger partial charge is 0.338 e. The molecule has 6 N–H and O–H groups in total. The number of carbonyl (C=O) groups is 6. The zero-order chi connectivity index (χ0) is 84.5. The molecule has 12 rings (SSSR count). The number of benzene rings is 3. The summed E-state index contributed by atoms with van der Waals surface area (Å²) in [6, 6.07) is 9.44. The zero-order valence-corrected chi connectivity index (χ0v) is 69.9. The maximum Gasteiger partial charge on any atom is 0.338 e. The average molecular weight is 1700 g/mol. The maximum atomic E-state index is 13.9. The molecule has 630 valence electrons. The Labute approximate surface area is 695 Å². The second kappa shape index (κ2) is 41.3.